The van der Waals surface area contributed by atoms with Crippen LogP contribution in [0, 0.1) is 0 Å². The molecule has 2 heterocycles. The molecular formula is C12H20N4OS. The molecule has 0 saturated carbocycles. The maximum atomic E-state index is 5.70. The number of hydrogen-bond donors (Lipinski definition) is 1. The lowest BCUT2D eigenvalue weighted by molar-refractivity contribution is 0.397. The molecule has 100 valence electrons. The van der Waals surface area contributed by atoms with Crippen molar-refractivity contribution in [3.8, 4) is 5.88 Å². The SMILES string of the molecule is COc1cc(N2CCSC(C)(C)CC2)nc(N)n1. The van der Waals surface area contributed by atoms with E-state index in [-0.39, 0.29) is 5.95 Å². The second kappa shape index (κ2) is 5.22. The van der Waals surface area contributed by atoms with E-state index in [0.717, 1.165) is 31.1 Å². The Morgan fingerprint density at radius 1 is 1.39 bits per heavy atom. The number of aromatic nitrogens is 2. The highest BCUT2D eigenvalue weighted by Gasteiger charge is 2.24. The van der Waals surface area contributed by atoms with Gasteiger partial charge in [-0.2, -0.15) is 21.7 Å². The van der Waals surface area contributed by atoms with Crippen LogP contribution in [0.4, 0.5) is 11.8 Å². The van der Waals surface area contributed by atoms with Gasteiger partial charge in [0.1, 0.15) is 5.82 Å². The highest BCUT2D eigenvalue weighted by Crippen LogP contribution is 2.32. The molecule has 0 bridgehead atoms. The van der Waals surface area contributed by atoms with Gasteiger partial charge in [0.05, 0.1) is 7.11 Å². The van der Waals surface area contributed by atoms with Crippen LogP contribution in [-0.2, 0) is 0 Å². The van der Waals surface area contributed by atoms with Crippen molar-refractivity contribution in [3.05, 3.63) is 6.07 Å². The summed E-state index contributed by atoms with van der Waals surface area (Å²) in [6.45, 7) is 6.54. The Bertz CT molecular complexity index is 425. The van der Waals surface area contributed by atoms with Gasteiger partial charge in [0, 0.05) is 29.7 Å². The summed E-state index contributed by atoms with van der Waals surface area (Å²) < 4.78 is 5.47. The average molecular weight is 268 g/mol. The Hall–Kier alpha value is -1.17. The maximum Gasteiger partial charge on any atom is 0.225 e. The second-order valence-corrected chi connectivity index (χ2v) is 6.77. The number of nitrogens with zero attached hydrogens (tertiary/aromatic N) is 3. The molecule has 0 unspecified atom stereocenters. The van der Waals surface area contributed by atoms with E-state index >= 15 is 0 Å². The van der Waals surface area contributed by atoms with Gasteiger partial charge in [-0.05, 0) is 6.42 Å². The van der Waals surface area contributed by atoms with E-state index in [1.165, 1.54) is 0 Å². The van der Waals surface area contributed by atoms with Crippen LogP contribution >= 0.6 is 11.8 Å². The van der Waals surface area contributed by atoms with Gasteiger partial charge in [-0.3, -0.25) is 0 Å². The van der Waals surface area contributed by atoms with E-state index in [9.17, 15) is 0 Å². The first-order chi connectivity index (χ1) is 8.50. The van der Waals surface area contributed by atoms with Gasteiger partial charge in [0.15, 0.2) is 0 Å². The Balaban J connectivity index is 2.18. The van der Waals surface area contributed by atoms with Crippen LogP contribution in [0.25, 0.3) is 0 Å². The Morgan fingerprint density at radius 2 is 2.17 bits per heavy atom. The molecule has 0 aromatic carbocycles. The van der Waals surface area contributed by atoms with Crippen molar-refractivity contribution in [2.24, 2.45) is 0 Å². The third kappa shape index (κ3) is 3.19. The highest BCUT2D eigenvalue weighted by molar-refractivity contribution is 8.00. The van der Waals surface area contributed by atoms with Crippen molar-refractivity contribution in [2.45, 2.75) is 25.0 Å². The molecule has 0 radical (unpaired) electrons. The summed E-state index contributed by atoms with van der Waals surface area (Å²) in [6, 6.07) is 1.85. The number of nitrogen functional groups attached to an aromatic ring is 1. The Labute approximate surface area is 112 Å². The smallest absolute Gasteiger partial charge is 0.225 e. The topological polar surface area (TPSA) is 64.3 Å². The molecule has 5 nitrogen and oxygen atoms in total. The normalized spacial score (nSPS) is 19.4. The van der Waals surface area contributed by atoms with Crippen LogP contribution in [0.2, 0.25) is 0 Å². The zero-order valence-electron chi connectivity index (χ0n) is 11.1. The third-order valence-electron chi connectivity index (χ3n) is 3.08. The van der Waals surface area contributed by atoms with E-state index in [1.807, 2.05) is 17.8 Å². The standard InChI is InChI=1S/C12H20N4OS/c1-12(2)4-5-16(6-7-18-12)9-8-10(17-3)15-11(13)14-9/h8H,4-7H2,1-3H3,(H2,13,14,15). The minimum Gasteiger partial charge on any atom is -0.481 e. The first-order valence-electron chi connectivity index (χ1n) is 6.08. The van der Waals surface area contributed by atoms with Crippen molar-refractivity contribution in [3.63, 3.8) is 0 Å². The van der Waals surface area contributed by atoms with Crippen LogP contribution in [0.15, 0.2) is 6.07 Å². The molecule has 0 spiro atoms. The van der Waals surface area contributed by atoms with Gasteiger partial charge >= 0.3 is 0 Å². The quantitative estimate of drug-likeness (QED) is 0.882. The fraction of sp³-hybridized carbons (Fsp3) is 0.667. The highest BCUT2D eigenvalue weighted by atomic mass is 32.2. The minimum absolute atomic E-state index is 0.264. The van der Waals surface area contributed by atoms with E-state index < -0.39 is 0 Å². The number of thioether (sulfide) groups is 1. The number of ether oxygens (including phenoxy) is 1. The van der Waals surface area contributed by atoms with Gasteiger partial charge in [0.2, 0.25) is 11.8 Å². The van der Waals surface area contributed by atoms with Gasteiger partial charge < -0.3 is 15.4 Å². The molecule has 2 rings (SSSR count). The molecule has 1 saturated heterocycles. The number of hydrogen-bond acceptors (Lipinski definition) is 6. The van der Waals surface area contributed by atoms with Gasteiger partial charge in [0.25, 0.3) is 0 Å². The summed E-state index contributed by atoms with van der Waals surface area (Å²) in [6.07, 6.45) is 1.13. The third-order valence-corrected chi connectivity index (χ3v) is 4.45. The van der Waals surface area contributed by atoms with Crippen molar-refractivity contribution >= 4 is 23.5 Å². The molecule has 0 amide bonds. The fourth-order valence-corrected chi connectivity index (χ4v) is 3.05. The molecule has 0 atom stereocenters. The van der Waals surface area contributed by atoms with Crippen molar-refractivity contribution in [1.29, 1.82) is 0 Å². The zero-order valence-corrected chi connectivity index (χ0v) is 12.0. The van der Waals surface area contributed by atoms with Crippen LogP contribution in [0.3, 0.4) is 0 Å². The molecule has 1 fully saturated rings. The summed E-state index contributed by atoms with van der Waals surface area (Å²) in [4.78, 5) is 10.6. The number of nitrogens with two attached hydrogens (primary N) is 1. The zero-order chi connectivity index (χ0) is 13.2. The summed E-state index contributed by atoms with van der Waals surface area (Å²) >= 11 is 2.01. The molecule has 18 heavy (non-hydrogen) atoms. The lowest BCUT2D eigenvalue weighted by atomic mass is 10.1. The van der Waals surface area contributed by atoms with Crippen molar-refractivity contribution in [2.75, 3.05) is 36.6 Å². The van der Waals surface area contributed by atoms with Gasteiger partial charge in [-0.1, -0.05) is 13.8 Å². The predicted octanol–water partition coefficient (Wildman–Crippen LogP) is 1.79. The number of methoxy groups -OCH3 is 1. The Kier molecular flexibility index (Phi) is 3.85. The van der Waals surface area contributed by atoms with Crippen molar-refractivity contribution < 1.29 is 4.74 Å². The first-order valence-corrected chi connectivity index (χ1v) is 7.06. The van der Waals surface area contributed by atoms with Crippen LogP contribution in [0.1, 0.15) is 20.3 Å². The van der Waals surface area contributed by atoms with Gasteiger partial charge in [-0.15, -0.1) is 0 Å². The maximum absolute atomic E-state index is 5.70. The lowest BCUT2D eigenvalue weighted by Crippen LogP contribution is -2.28. The van der Waals surface area contributed by atoms with Gasteiger partial charge in [-0.25, -0.2) is 0 Å². The molecule has 1 aliphatic rings. The fourth-order valence-electron chi connectivity index (χ4n) is 1.95. The largest absolute Gasteiger partial charge is 0.481 e. The average Bonchev–Trinajstić information content (AvgIpc) is 2.49. The van der Waals surface area contributed by atoms with Crippen molar-refractivity contribution in [1.82, 2.24) is 9.97 Å². The molecule has 1 aromatic heterocycles. The van der Waals surface area contributed by atoms with Crippen LogP contribution in [0.5, 0.6) is 5.88 Å². The monoisotopic (exact) mass is 268 g/mol. The van der Waals surface area contributed by atoms with Crippen LogP contribution in [-0.4, -0.2) is 40.7 Å². The molecule has 0 aliphatic carbocycles. The lowest BCUT2D eigenvalue weighted by Gasteiger charge is -2.23. The van der Waals surface area contributed by atoms with E-state index in [4.69, 9.17) is 10.5 Å². The summed E-state index contributed by atoms with van der Waals surface area (Å²) in [5.41, 5.74) is 5.70. The first kappa shape index (κ1) is 13.3. The number of anilines is 2. The molecule has 2 N–H and O–H groups in total. The Morgan fingerprint density at radius 3 is 2.89 bits per heavy atom. The number of rotatable bonds is 2. The van der Waals surface area contributed by atoms with E-state index in [2.05, 4.69) is 28.7 Å². The molecule has 1 aliphatic heterocycles. The summed E-state index contributed by atoms with van der Waals surface area (Å²) in [5, 5.41) is 0. The summed E-state index contributed by atoms with van der Waals surface area (Å²) in [5.74, 6) is 2.74. The van der Waals surface area contributed by atoms with E-state index in [0.29, 0.717) is 10.6 Å². The molecule has 1 aromatic rings. The van der Waals surface area contributed by atoms with Crippen LogP contribution < -0.4 is 15.4 Å². The predicted molar refractivity (Wildman–Crippen MR) is 76.4 cm³/mol. The molecular weight excluding hydrogens is 248 g/mol. The van der Waals surface area contributed by atoms with E-state index in [1.54, 1.807) is 7.11 Å². The summed E-state index contributed by atoms with van der Waals surface area (Å²) in [7, 11) is 1.59. The minimum atomic E-state index is 0.264. The second-order valence-electron chi connectivity index (χ2n) is 4.97. The molecule has 6 heteroatoms.